The van der Waals surface area contributed by atoms with E-state index in [0.29, 0.717) is 30.2 Å². The second-order valence-corrected chi connectivity index (χ2v) is 8.49. The third-order valence-electron chi connectivity index (χ3n) is 5.49. The first kappa shape index (κ1) is 18.6. The fourth-order valence-electron chi connectivity index (χ4n) is 3.95. The molecule has 0 amide bonds. The SMILES string of the molecule is COC(=O)[C@@H]1CSc2c(C3CC3)c3c(c(=O)n21)COC(=O)CCCN(C)C3. The molecule has 4 rings (SSSR count). The normalized spacial score (nSPS) is 23.3. The quantitative estimate of drug-likeness (QED) is 0.711. The van der Waals surface area contributed by atoms with Gasteiger partial charge >= 0.3 is 11.9 Å². The van der Waals surface area contributed by atoms with Crippen LogP contribution in [0.4, 0.5) is 0 Å². The monoisotopic (exact) mass is 392 g/mol. The van der Waals surface area contributed by atoms with Crippen LogP contribution in [0.3, 0.4) is 0 Å². The van der Waals surface area contributed by atoms with E-state index >= 15 is 0 Å². The lowest BCUT2D eigenvalue weighted by atomic mass is 9.99. The van der Waals surface area contributed by atoms with Crippen molar-refractivity contribution < 1.29 is 19.1 Å². The van der Waals surface area contributed by atoms with Crippen LogP contribution in [0.2, 0.25) is 0 Å². The van der Waals surface area contributed by atoms with E-state index in [4.69, 9.17) is 9.47 Å². The van der Waals surface area contributed by atoms with Gasteiger partial charge in [0.2, 0.25) is 0 Å². The highest BCUT2D eigenvalue weighted by Gasteiger charge is 2.40. The minimum Gasteiger partial charge on any atom is -0.467 e. The van der Waals surface area contributed by atoms with Crippen molar-refractivity contribution >= 4 is 23.7 Å². The van der Waals surface area contributed by atoms with Gasteiger partial charge in [-0.1, -0.05) is 0 Å². The number of methoxy groups -OCH3 is 1. The summed E-state index contributed by atoms with van der Waals surface area (Å²) in [5.41, 5.74) is 2.44. The fourth-order valence-corrected chi connectivity index (χ4v) is 5.35. The summed E-state index contributed by atoms with van der Waals surface area (Å²) in [5, 5.41) is 0.897. The van der Waals surface area contributed by atoms with Crippen molar-refractivity contribution in [3.05, 3.63) is 27.0 Å². The summed E-state index contributed by atoms with van der Waals surface area (Å²) in [7, 11) is 3.36. The molecule has 1 fully saturated rings. The number of aromatic nitrogens is 1. The number of pyridine rings is 1. The van der Waals surface area contributed by atoms with Crippen LogP contribution >= 0.6 is 11.8 Å². The lowest BCUT2D eigenvalue weighted by Crippen LogP contribution is -2.35. The fraction of sp³-hybridized carbons (Fsp3) is 0.632. The average molecular weight is 392 g/mol. The molecule has 1 atom stereocenters. The van der Waals surface area contributed by atoms with Gasteiger partial charge < -0.3 is 14.4 Å². The number of carbonyl (C=O) groups excluding carboxylic acids is 2. The number of rotatable bonds is 2. The van der Waals surface area contributed by atoms with Gasteiger partial charge in [0.25, 0.3) is 5.56 Å². The lowest BCUT2D eigenvalue weighted by Gasteiger charge is -2.25. The zero-order chi connectivity index (χ0) is 19.1. The van der Waals surface area contributed by atoms with Crippen LogP contribution in [0, 0.1) is 0 Å². The molecule has 0 N–H and O–H groups in total. The van der Waals surface area contributed by atoms with Gasteiger partial charge in [-0.3, -0.25) is 14.2 Å². The summed E-state index contributed by atoms with van der Waals surface area (Å²) in [6.07, 6.45) is 3.27. The average Bonchev–Trinajstić information content (AvgIpc) is 3.38. The van der Waals surface area contributed by atoms with Gasteiger partial charge in [0.15, 0.2) is 0 Å². The van der Waals surface area contributed by atoms with Crippen LogP contribution in [0.1, 0.15) is 54.3 Å². The highest BCUT2D eigenvalue weighted by molar-refractivity contribution is 7.99. The Bertz CT molecular complexity index is 845. The second-order valence-electron chi connectivity index (χ2n) is 7.48. The summed E-state index contributed by atoms with van der Waals surface area (Å²) in [4.78, 5) is 39.7. The molecule has 1 saturated carbocycles. The van der Waals surface area contributed by atoms with Gasteiger partial charge in [0, 0.05) is 18.7 Å². The number of nitrogens with zero attached hydrogens (tertiary/aromatic N) is 2. The van der Waals surface area contributed by atoms with Gasteiger partial charge in [-0.05, 0) is 49.9 Å². The van der Waals surface area contributed by atoms with Crippen LogP contribution in [0.15, 0.2) is 9.82 Å². The molecule has 0 saturated heterocycles. The number of cyclic esters (lactones) is 1. The topological polar surface area (TPSA) is 77.8 Å². The standard InChI is InChI=1S/C19H24N2O5S/c1-20-7-3-4-15(22)26-9-13-12(8-20)16(11-5-6-11)18-21(17(13)23)14(10-27-18)19(24)25-2/h11,14H,3-10H2,1-2H3/t14-/m0/s1. The summed E-state index contributed by atoms with van der Waals surface area (Å²) in [6.45, 7) is 1.40. The Morgan fingerprint density at radius 2 is 2.04 bits per heavy atom. The maximum absolute atomic E-state index is 13.3. The number of hydrogen-bond donors (Lipinski definition) is 0. The van der Waals surface area contributed by atoms with Crippen molar-refractivity contribution in [2.24, 2.45) is 0 Å². The molecular weight excluding hydrogens is 368 g/mol. The number of esters is 2. The van der Waals surface area contributed by atoms with Crippen LogP contribution in [-0.4, -0.2) is 47.9 Å². The highest BCUT2D eigenvalue weighted by atomic mass is 32.2. The lowest BCUT2D eigenvalue weighted by molar-refractivity contribution is -0.146. The van der Waals surface area contributed by atoms with Crippen molar-refractivity contribution in [1.29, 1.82) is 0 Å². The Hall–Kier alpha value is -1.80. The van der Waals surface area contributed by atoms with Crippen molar-refractivity contribution in [2.75, 3.05) is 26.5 Å². The van der Waals surface area contributed by atoms with Gasteiger partial charge in [0.1, 0.15) is 12.6 Å². The van der Waals surface area contributed by atoms with Gasteiger partial charge in [0.05, 0.1) is 17.7 Å². The first-order valence-electron chi connectivity index (χ1n) is 9.36. The summed E-state index contributed by atoms with van der Waals surface area (Å²) >= 11 is 1.56. The second kappa shape index (κ2) is 7.31. The van der Waals surface area contributed by atoms with Crippen LogP contribution < -0.4 is 5.56 Å². The molecule has 0 unspecified atom stereocenters. The summed E-state index contributed by atoms with van der Waals surface area (Å²) in [5.74, 6) is 0.226. The Morgan fingerprint density at radius 3 is 2.74 bits per heavy atom. The molecule has 2 aliphatic heterocycles. The van der Waals surface area contributed by atoms with E-state index in [-0.39, 0.29) is 18.1 Å². The van der Waals surface area contributed by atoms with Crippen LogP contribution in [-0.2, 0) is 32.2 Å². The third kappa shape index (κ3) is 3.40. The molecule has 146 valence electrons. The molecule has 0 bridgehead atoms. The molecule has 0 aromatic carbocycles. The zero-order valence-corrected chi connectivity index (χ0v) is 16.5. The molecule has 8 heteroatoms. The maximum atomic E-state index is 13.3. The molecule has 1 aliphatic carbocycles. The first-order valence-corrected chi connectivity index (χ1v) is 10.3. The largest absolute Gasteiger partial charge is 0.467 e. The number of carbonyl (C=O) groups is 2. The maximum Gasteiger partial charge on any atom is 0.329 e. The van der Waals surface area contributed by atoms with Crippen molar-refractivity contribution in [2.45, 2.75) is 55.8 Å². The van der Waals surface area contributed by atoms with E-state index in [0.717, 1.165) is 36.4 Å². The number of hydrogen-bond acceptors (Lipinski definition) is 7. The zero-order valence-electron chi connectivity index (χ0n) is 15.7. The van der Waals surface area contributed by atoms with Gasteiger partial charge in [-0.25, -0.2) is 4.79 Å². The third-order valence-corrected chi connectivity index (χ3v) is 6.66. The van der Waals surface area contributed by atoms with Gasteiger partial charge in [-0.2, -0.15) is 0 Å². The van der Waals surface area contributed by atoms with E-state index in [2.05, 4.69) is 4.90 Å². The van der Waals surface area contributed by atoms with Crippen LogP contribution in [0.5, 0.6) is 0 Å². The van der Waals surface area contributed by atoms with E-state index < -0.39 is 12.0 Å². The Labute approximate surface area is 162 Å². The molecular formula is C19H24N2O5S. The minimum atomic E-state index is -0.617. The number of thioether (sulfide) groups is 1. The summed E-state index contributed by atoms with van der Waals surface area (Å²) < 4.78 is 11.9. The first-order chi connectivity index (χ1) is 13.0. The smallest absolute Gasteiger partial charge is 0.329 e. The molecule has 1 aromatic heterocycles. The van der Waals surface area contributed by atoms with E-state index in [1.165, 1.54) is 12.7 Å². The number of fused-ring (bicyclic) bond motifs is 2. The summed E-state index contributed by atoms with van der Waals surface area (Å²) in [6, 6.07) is -0.617. The van der Waals surface area contributed by atoms with Crippen LogP contribution in [0.25, 0.3) is 0 Å². The molecule has 0 spiro atoms. The molecule has 1 aromatic rings. The molecule has 0 radical (unpaired) electrons. The molecule has 3 aliphatic rings. The van der Waals surface area contributed by atoms with E-state index in [1.54, 1.807) is 16.3 Å². The molecule has 7 nitrogen and oxygen atoms in total. The predicted molar refractivity (Wildman–Crippen MR) is 99.8 cm³/mol. The Kier molecular flexibility index (Phi) is 5.03. The molecule has 3 heterocycles. The van der Waals surface area contributed by atoms with E-state index in [9.17, 15) is 14.4 Å². The Balaban J connectivity index is 1.90. The minimum absolute atomic E-state index is 0.0284. The van der Waals surface area contributed by atoms with Crippen molar-refractivity contribution in [1.82, 2.24) is 9.47 Å². The predicted octanol–water partition coefficient (Wildman–Crippen LogP) is 1.81. The van der Waals surface area contributed by atoms with Crippen molar-refractivity contribution in [3.8, 4) is 0 Å². The van der Waals surface area contributed by atoms with Crippen molar-refractivity contribution in [3.63, 3.8) is 0 Å². The molecule has 27 heavy (non-hydrogen) atoms. The highest BCUT2D eigenvalue weighted by Crippen LogP contribution is 2.49. The van der Waals surface area contributed by atoms with Gasteiger partial charge in [-0.15, -0.1) is 11.8 Å². The van der Waals surface area contributed by atoms with E-state index in [1.807, 2.05) is 7.05 Å². The Morgan fingerprint density at radius 1 is 1.26 bits per heavy atom. The number of ether oxygens (including phenoxy) is 2.